The number of rotatable bonds is 4. The molecular formula is C16H10F3NO3. The fourth-order valence-electron chi connectivity index (χ4n) is 1.86. The van der Waals surface area contributed by atoms with Gasteiger partial charge in [-0.05, 0) is 23.8 Å². The molecule has 7 heteroatoms. The van der Waals surface area contributed by atoms with E-state index in [1.807, 2.05) is 0 Å². The number of allylic oxidation sites excluding steroid dienone is 1. The molecule has 4 nitrogen and oxygen atoms in total. The lowest BCUT2D eigenvalue weighted by molar-refractivity contribution is -0.384. The molecule has 0 unspecified atom stereocenters. The number of benzene rings is 2. The zero-order chi connectivity index (χ0) is 17.0. The Bertz CT molecular complexity index is 782. The second-order valence-electron chi connectivity index (χ2n) is 4.63. The summed E-state index contributed by atoms with van der Waals surface area (Å²) in [6.07, 6.45) is -2.13. The van der Waals surface area contributed by atoms with Crippen LogP contribution in [0.4, 0.5) is 18.9 Å². The molecule has 0 N–H and O–H groups in total. The van der Waals surface area contributed by atoms with E-state index < -0.39 is 22.4 Å². The maximum Gasteiger partial charge on any atom is 0.416 e. The summed E-state index contributed by atoms with van der Waals surface area (Å²) < 4.78 is 37.8. The highest BCUT2D eigenvalue weighted by atomic mass is 19.4. The van der Waals surface area contributed by atoms with Gasteiger partial charge in [-0.25, -0.2) is 0 Å². The summed E-state index contributed by atoms with van der Waals surface area (Å²) in [4.78, 5) is 22.0. The van der Waals surface area contributed by atoms with Gasteiger partial charge in [-0.3, -0.25) is 14.9 Å². The molecule has 23 heavy (non-hydrogen) atoms. The number of nitrogens with zero attached hydrogens (tertiary/aromatic N) is 1. The summed E-state index contributed by atoms with van der Waals surface area (Å²) in [7, 11) is 0. The largest absolute Gasteiger partial charge is 0.416 e. The molecule has 0 aromatic heterocycles. The molecule has 0 saturated heterocycles. The molecule has 2 aromatic carbocycles. The molecule has 0 aliphatic rings. The standard InChI is InChI=1S/C16H10F3NO3/c17-16(18,19)13-5-2-4-12(10-13)15(21)8-7-11-3-1-6-14(9-11)20(22)23/h1-10H/b8-7+. The van der Waals surface area contributed by atoms with Crippen molar-refractivity contribution in [1.82, 2.24) is 0 Å². The first-order chi connectivity index (χ1) is 10.8. The van der Waals surface area contributed by atoms with E-state index in [9.17, 15) is 28.1 Å². The Hall–Kier alpha value is -2.96. The highest BCUT2D eigenvalue weighted by molar-refractivity contribution is 6.06. The number of hydrogen-bond acceptors (Lipinski definition) is 3. The SMILES string of the molecule is O=C(/C=C/c1cccc([N+](=O)[O-])c1)c1cccc(C(F)(F)F)c1. The van der Waals surface area contributed by atoms with Crippen molar-refractivity contribution in [2.45, 2.75) is 6.18 Å². The van der Waals surface area contributed by atoms with Crippen LogP contribution in [0.3, 0.4) is 0 Å². The van der Waals surface area contributed by atoms with Gasteiger partial charge in [0.05, 0.1) is 10.5 Å². The second-order valence-corrected chi connectivity index (χ2v) is 4.63. The van der Waals surface area contributed by atoms with Crippen LogP contribution in [0.5, 0.6) is 0 Å². The summed E-state index contributed by atoms with van der Waals surface area (Å²) in [5, 5.41) is 10.7. The summed E-state index contributed by atoms with van der Waals surface area (Å²) in [5.41, 5.74) is -0.758. The first-order valence-corrected chi connectivity index (χ1v) is 6.41. The Morgan fingerprint density at radius 1 is 1.09 bits per heavy atom. The van der Waals surface area contributed by atoms with Crippen molar-refractivity contribution in [2.75, 3.05) is 0 Å². The third-order valence-electron chi connectivity index (χ3n) is 2.98. The number of alkyl halides is 3. The Balaban J connectivity index is 2.22. The van der Waals surface area contributed by atoms with E-state index in [1.54, 1.807) is 6.07 Å². The smallest absolute Gasteiger partial charge is 0.289 e. The van der Waals surface area contributed by atoms with Gasteiger partial charge in [0.25, 0.3) is 5.69 Å². The van der Waals surface area contributed by atoms with E-state index in [4.69, 9.17) is 0 Å². The molecule has 2 rings (SSSR count). The van der Waals surface area contributed by atoms with Crippen LogP contribution in [0.15, 0.2) is 54.6 Å². The predicted molar refractivity (Wildman–Crippen MR) is 77.9 cm³/mol. The van der Waals surface area contributed by atoms with Crippen LogP contribution in [0.1, 0.15) is 21.5 Å². The number of hydrogen-bond donors (Lipinski definition) is 0. The first-order valence-electron chi connectivity index (χ1n) is 6.41. The van der Waals surface area contributed by atoms with Crippen LogP contribution in [-0.2, 0) is 6.18 Å². The van der Waals surface area contributed by atoms with Crippen molar-refractivity contribution in [3.8, 4) is 0 Å². The zero-order valence-corrected chi connectivity index (χ0v) is 11.6. The van der Waals surface area contributed by atoms with Crippen molar-refractivity contribution in [2.24, 2.45) is 0 Å². The van der Waals surface area contributed by atoms with E-state index in [-0.39, 0.29) is 11.3 Å². The van der Waals surface area contributed by atoms with E-state index in [0.717, 1.165) is 24.3 Å². The molecule has 0 amide bonds. The van der Waals surface area contributed by atoms with Gasteiger partial charge >= 0.3 is 6.18 Å². The van der Waals surface area contributed by atoms with E-state index in [0.29, 0.717) is 5.56 Å². The molecule has 0 saturated carbocycles. The number of carbonyl (C=O) groups excluding carboxylic acids is 1. The Morgan fingerprint density at radius 2 is 1.78 bits per heavy atom. The minimum absolute atomic E-state index is 0.110. The summed E-state index contributed by atoms with van der Waals surface area (Å²) in [6.45, 7) is 0. The Labute approximate surface area is 129 Å². The van der Waals surface area contributed by atoms with Gasteiger partial charge in [0, 0.05) is 17.7 Å². The van der Waals surface area contributed by atoms with Gasteiger partial charge in [0.15, 0.2) is 5.78 Å². The molecule has 0 fully saturated rings. The van der Waals surface area contributed by atoms with Crippen molar-refractivity contribution >= 4 is 17.5 Å². The average molecular weight is 321 g/mol. The molecule has 0 atom stereocenters. The van der Waals surface area contributed by atoms with Crippen LogP contribution in [0.25, 0.3) is 6.08 Å². The monoisotopic (exact) mass is 321 g/mol. The average Bonchev–Trinajstić information content (AvgIpc) is 2.52. The van der Waals surface area contributed by atoms with Gasteiger partial charge in [-0.2, -0.15) is 13.2 Å². The topological polar surface area (TPSA) is 60.2 Å². The number of non-ortho nitro benzene ring substituents is 1. The molecular weight excluding hydrogens is 311 g/mol. The predicted octanol–water partition coefficient (Wildman–Crippen LogP) is 4.51. The van der Waals surface area contributed by atoms with Crippen molar-refractivity contribution in [3.63, 3.8) is 0 Å². The second kappa shape index (κ2) is 6.43. The summed E-state index contributed by atoms with van der Waals surface area (Å²) >= 11 is 0. The van der Waals surface area contributed by atoms with Crippen LogP contribution < -0.4 is 0 Å². The Morgan fingerprint density at radius 3 is 2.43 bits per heavy atom. The third kappa shape index (κ3) is 4.26. The number of halogens is 3. The lowest BCUT2D eigenvalue weighted by Crippen LogP contribution is -2.06. The summed E-state index contributed by atoms with van der Waals surface area (Å²) in [6, 6.07) is 9.62. The molecule has 0 aliphatic carbocycles. The fraction of sp³-hybridized carbons (Fsp3) is 0.0625. The van der Waals surface area contributed by atoms with Gasteiger partial charge in [0.1, 0.15) is 0 Å². The maximum absolute atomic E-state index is 12.6. The van der Waals surface area contributed by atoms with Crippen LogP contribution in [-0.4, -0.2) is 10.7 Å². The molecule has 0 spiro atoms. The van der Waals surface area contributed by atoms with E-state index >= 15 is 0 Å². The molecule has 2 aromatic rings. The van der Waals surface area contributed by atoms with Gasteiger partial charge in [0.2, 0.25) is 0 Å². The molecule has 118 valence electrons. The van der Waals surface area contributed by atoms with Crippen LogP contribution in [0, 0.1) is 10.1 Å². The number of nitro groups is 1. The first kappa shape index (κ1) is 16.4. The van der Waals surface area contributed by atoms with Gasteiger partial charge in [-0.1, -0.05) is 30.3 Å². The van der Waals surface area contributed by atoms with Crippen molar-refractivity contribution in [3.05, 3.63) is 81.4 Å². The van der Waals surface area contributed by atoms with Gasteiger partial charge < -0.3 is 0 Å². The van der Waals surface area contributed by atoms with Crippen molar-refractivity contribution < 1.29 is 22.9 Å². The van der Waals surface area contributed by atoms with Gasteiger partial charge in [-0.15, -0.1) is 0 Å². The molecule has 0 aliphatic heterocycles. The third-order valence-corrected chi connectivity index (χ3v) is 2.98. The minimum Gasteiger partial charge on any atom is -0.289 e. The fourth-order valence-corrected chi connectivity index (χ4v) is 1.86. The highest BCUT2D eigenvalue weighted by Crippen LogP contribution is 2.29. The quantitative estimate of drug-likeness (QED) is 0.360. The minimum atomic E-state index is -4.53. The lowest BCUT2D eigenvalue weighted by Gasteiger charge is -2.07. The number of nitro benzene ring substituents is 1. The molecule has 0 radical (unpaired) electrons. The van der Waals surface area contributed by atoms with Crippen LogP contribution in [0.2, 0.25) is 0 Å². The maximum atomic E-state index is 12.6. The van der Waals surface area contributed by atoms with Crippen molar-refractivity contribution in [1.29, 1.82) is 0 Å². The number of ketones is 1. The number of carbonyl (C=O) groups is 1. The highest BCUT2D eigenvalue weighted by Gasteiger charge is 2.30. The molecule has 0 bridgehead atoms. The van der Waals surface area contributed by atoms with Crippen LogP contribution >= 0.6 is 0 Å². The molecule has 0 heterocycles. The van der Waals surface area contributed by atoms with E-state index in [1.165, 1.54) is 30.3 Å². The zero-order valence-electron chi connectivity index (χ0n) is 11.6. The normalized spacial score (nSPS) is 11.6. The summed E-state index contributed by atoms with van der Waals surface area (Å²) in [5.74, 6) is -0.623. The Kier molecular flexibility index (Phi) is 4.59. The van der Waals surface area contributed by atoms with E-state index in [2.05, 4.69) is 0 Å². The lowest BCUT2D eigenvalue weighted by atomic mass is 10.1.